The highest BCUT2D eigenvalue weighted by molar-refractivity contribution is 6.14. The maximum atomic E-state index is 5.62. The first-order valence-corrected chi connectivity index (χ1v) is 11.6. The van der Waals surface area contributed by atoms with Gasteiger partial charge in [0.25, 0.3) is 0 Å². The number of ether oxygens (including phenoxy) is 2. The van der Waals surface area contributed by atoms with Crippen LogP contribution in [0.25, 0.3) is 11.1 Å². The molecule has 6 heteroatoms. The van der Waals surface area contributed by atoms with Crippen molar-refractivity contribution >= 4 is 5.71 Å². The Hall–Kier alpha value is -3.28. The van der Waals surface area contributed by atoms with Crippen molar-refractivity contribution in [2.24, 2.45) is 5.10 Å². The summed E-state index contributed by atoms with van der Waals surface area (Å²) in [7, 11) is 5.42. The molecule has 1 aliphatic rings. The zero-order valence-corrected chi connectivity index (χ0v) is 20.8. The van der Waals surface area contributed by atoms with Gasteiger partial charge < -0.3 is 9.47 Å². The summed E-state index contributed by atoms with van der Waals surface area (Å²) in [6.07, 6.45) is 1.92. The molecule has 6 nitrogen and oxygen atoms in total. The van der Waals surface area contributed by atoms with Crippen LogP contribution >= 0.6 is 0 Å². The Kier molecular flexibility index (Phi) is 6.45. The van der Waals surface area contributed by atoms with Crippen LogP contribution in [-0.4, -0.2) is 47.8 Å². The molecular weight excluding hydrogens is 412 g/mol. The number of hydrazone groups is 1. The molecule has 0 saturated carbocycles. The zero-order chi connectivity index (χ0) is 23.7. The fraction of sp³-hybridized carbons (Fsp3) is 0.407. The summed E-state index contributed by atoms with van der Waals surface area (Å²) in [6.45, 7) is 9.41. The summed E-state index contributed by atoms with van der Waals surface area (Å²) in [4.78, 5) is 0. The molecule has 0 amide bonds. The van der Waals surface area contributed by atoms with Gasteiger partial charge in [0.2, 0.25) is 0 Å². The third-order valence-electron chi connectivity index (χ3n) is 6.71. The van der Waals surface area contributed by atoms with Crippen molar-refractivity contribution in [1.82, 2.24) is 14.8 Å². The minimum absolute atomic E-state index is 0.323. The molecule has 0 fully saturated rings. The number of hydrogen-bond acceptors (Lipinski definition) is 5. The average molecular weight is 447 g/mol. The molecule has 0 saturated heterocycles. The Morgan fingerprint density at radius 1 is 0.970 bits per heavy atom. The van der Waals surface area contributed by atoms with E-state index in [2.05, 4.69) is 85.9 Å². The number of likely N-dealkylation sites (N-methyl/N-ethyl adjacent to an activating group) is 1. The van der Waals surface area contributed by atoms with Crippen LogP contribution in [0.4, 0.5) is 0 Å². The predicted octanol–water partition coefficient (Wildman–Crippen LogP) is 5.22. The van der Waals surface area contributed by atoms with E-state index in [0.717, 1.165) is 53.4 Å². The second-order valence-corrected chi connectivity index (χ2v) is 8.59. The van der Waals surface area contributed by atoms with E-state index >= 15 is 0 Å². The van der Waals surface area contributed by atoms with E-state index in [1.165, 1.54) is 22.4 Å². The number of hydrogen-bond donors (Lipinski definition) is 0. The number of methoxy groups -OCH3 is 2. The van der Waals surface area contributed by atoms with Crippen LogP contribution in [0.15, 0.2) is 41.5 Å². The van der Waals surface area contributed by atoms with Crippen molar-refractivity contribution < 1.29 is 9.47 Å². The van der Waals surface area contributed by atoms with Gasteiger partial charge in [-0.05, 0) is 56.9 Å². The van der Waals surface area contributed by atoms with Crippen molar-refractivity contribution in [2.75, 3.05) is 21.3 Å². The Balaban J connectivity index is 1.82. The smallest absolute Gasteiger partial charge is 0.161 e. The third kappa shape index (κ3) is 4.10. The fourth-order valence-electron chi connectivity index (χ4n) is 4.83. The van der Waals surface area contributed by atoms with Gasteiger partial charge in [0.1, 0.15) is 0 Å². The highest BCUT2D eigenvalue weighted by Gasteiger charge is 2.25. The van der Waals surface area contributed by atoms with Gasteiger partial charge in [0.15, 0.2) is 11.5 Å². The maximum absolute atomic E-state index is 5.62. The number of rotatable bonds is 6. The van der Waals surface area contributed by atoms with Crippen molar-refractivity contribution in [2.45, 2.75) is 53.1 Å². The van der Waals surface area contributed by atoms with Crippen molar-refractivity contribution in [3.05, 3.63) is 64.5 Å². The van der Waals surface area contributed by atoms with Crippen LogP contribution in [0, 0.1) is 13.8 Å². The molecule has 0 spiro atoms. The molecule has 1 aromatic heterocycles. The quantitative estimate of drug-likeness (QED) is 0.521. The minimum atomic E-state index is 0.323. The SMILES string of the molecule is CCC1Cc2cc(OC)c(OC)cc2C(c2ccc(-c3c(C)nn(CC)c3C)cc2)=NN1C. The van der Waals surface area contributed by atoms with Crippen molar-refractivity contribution in [3.63, 3.8) is 0 Å². The fourth-order valence-corrected chi connectivity index (χ4v) is 4.83. The molecule has 1 aliphatic heterocycles. The minimum Gasteiger partial charge on any atom is -0.493 e. The van der Waals surface area contributed by atoms with E-state index < -0.39 is 0 Å². The molecule has 2 aromatic carbocycles. The van der Waals surface area contributed by atoms with Gasteiger partial charge >= 0.3 is 0 Å². The highest BCUT2D eigenvalue weighted by atomic mass is 16.5. The third-order valence-corrected chi connectivity index (χ3v) is 6.71. The van der Waals surface area contributed by atoms with E-state index in [-0.39, 0.29) is 0 Å². The lowest BCUT2D eigenvalue weighted by atomic mass is 9.92. The topological polar surface area (TPSA) is 51.9 Å². The zero-order valence-electron chi connectivity index (χ0n) is 20.8. The highest BCUT2D eigenvalue weighted by Crippen LogP contribution is 2.35. The standard InChI is InChI=1S/C27H34N4O2/c1-8-22-14-21-15-24(32-6)25(33-7)16-23(21)27(29-30(22)5)20-12-10-19(11-13-20)26-17(3)28-31(9-2)18(26)4/h10-13,15-16,22H,8-9,14H2,1-7H3. The molecule has 33 heavy (non-hydrogen) atoms. The number of aryl methyl sites for hydroxylation is 2. The van der Waals surface area contributed by atoms with Gasteiger partial charge in [-0.3, -0.25) is 9.69 Å². The first kappa shape index (κ1) is 22.9. The van der Waals surface area contributed by atoms with E-state index in [4.69, 9.17) is 14.6 Å². The summed E-state index contributed by atoms with van der Waals surface area (Å²) < 4.78 is 13.3. The van der Waals surface area contributed by atoms with Crippen LogP contribution in [-0.2, 0) is 13.0 Å². The van der Waals surface area contributed by atoms with Gasteiger partial charge in [0.05, 0.1) is 31.7 Å². The average Bonchev–Trinajstić information content (AvgIpc) is 3.04. The van der Waals surface area contributed by atoms with Gasteiger partial charge in [-0.25, -0.2) is 0 Å². The number of aromatic nitrogens is 2. The molecule has 174 valence electrons. The first-order chi connectivity index (χ1) is 15.9. The van der Waals surface area contributed by atoms with Crippen molar-refractivity contribution in [1.29, 1.82) is 0 Å². The van der Waals surface area contributed by atoms with Crippen LogP contribution in [0.3, 0.4) is 0 Å². The molecule has 0 radical (unpaired) electrons. The summed E-state index contributed by atoms with van der Waals surface area (Å²) in [5.74, 6) is 1.47. The lowest BCUT2D eigenvalue weighted by Crippen LogP contribution is -2.27. The summed E-state index contributed by atoms with van der Waals surface area (Å²) in [5, 5.41) is 11.8. The normalized spacial score (nSPS) is 15.7. The largest absolute Gasteiger partial charge is 0.493 e. The monoisotopic (exact) mass is 446 g/mol. The van der Waals surface area contributed by atoms with Crippen molar-refractivity contribution in [3.8, 4) is 22.6 Å². The van der Waals surface area contributed by atoms with Gasteiger partial charge in [-0.1, -0.05) is 31.2 Å². The van der Waals surface area contributed by atoms with E-state index in [1.54, 1.807) is 14.2 Å². The second kappa shape index (κ2) is 9.30. The van der Waals surface area contributed by atoms with Crippen LogP contribution in [0.2, 0.25) is 0 Å². The summed E-state index contributed by atoms with van der Waals surface area (Å²) >= 11 is 0. The molecule has 2 heterocycles. The number of nitrogens with zero attached hydrogens (tertiary/aromatic N) is 4. The Morgan fingerprint density at radius 3 is 2.18 bits per heavy atom. The Labute approximate surface area is 196 Å². The molecule has 1 unspecified atom stereocenters. The second-order valence-electron chi connectivity index (χ2n) is 8.59. The molecule has 0 bridgehead atoms. The summed E-state index contributed by atoms with van der Waals surface area (Å²) in [5.41, 5.74) is 8.99. The maximum Gasteiger partial charge on any atom is 0.161 e. The number of fused-ring (bicyclic) bond motifs is 1. The van der Waals surface area contributed by atoms with Gasteiger partial charge in [-0.15, -0.1) is 0 Å². The van der Waals surface area contributed by atoms with Crippen LogP contribution < -0.4 is 9.47 Å². The molecular formula is C27H34N4O2. The van der Waals surface area contributed by atoms with Gasteiger partial charge in [0, 0.05) is 36.0 Å². The Morgan fingerprint density at radius 2 is 1.61 bits per heavy atom. The molecule has 1 atom stereocenters. The van der Waals surface area contributed by atoms with Crippen LogP contribution in [0.5, 0.6) is 11.5 Å². The molecule has 0 aliphatic carbocycles. The van der Waals surface area contributed by atoms with E-state index in [1.807, 2.05) is 0 Å². The van der Waals surface area contributed by atoms with Gasteiger partial charge in [-0.2, -0.15) is 10.2 Å². The van der Waals surface area contributed by atoms with Crippen LogP contribution in [0.1, 0.15) is 48.3 Å². The lowest BCUT2D eigenvalue weighted by molar-refractivity contribution is 0.248. The van der Waals surface area contributed by atoms with E-state index in [0.29, 0.717) is 6.04 Å². The predicted molar refractivity (Wildman–Crippen MR) is 134 cm³/mol. The molecule has 0 N–H and O–H groups in total. The molecule has 4 rings (SSSR count). The molecule has 3 aromatic rings. The Bertz CT molecular complexity index is 1180. The van der Waals surface area contributed by atoms with E-state index in [9.17, 15) is 0 Å². The lowest BCUT2D eigenvalue weighted by Gasteiger charge is -2.23. The number of benzene rings is 2. The summed E-state index contributed by atoms with van der Waals surface area (Å²) in [6, 6.07) is 13.2. The first-order valence-electron chi connectivity index (χ1n) is 11.6.